The van der Waals surface area contributed by atoms with Crippen LogP contribution in [0.4, 0.5) is 4.79 Å². The second-order valence-corrected chi connectivity index (χ2v) is 9.36. The number of nitrogens with one attached hydrogen (secondary N) is 1. The van der Waals surface area contributed by atoms with E-state index in [0.29, 0.717) is 35.6 Å². The lowest BCUT2D eigenvalue weighted by atomic mass is 9.82. The molecule has 4 rings (SSSR count). The Morgan fingerprint density at radius 3 is 2.73 bits per heavy atom. The number of thioether (sulfide) groups is 1. The van der Waals surface area contributed by atoms with Crippen LogP contribution in [0.5, 0.6) is 0 Å². The van der Waals surface area contributed by atoms with E-state index in [4.69, 9.17) is 15.2 Å². The Kier molecular flexibility index (Phi) is 5.36. The highest BCUT2D eigenvalue weighted by molar-refractivity contribution is 7.99. The van der Waals surface area contributed by atoms with Crippen LogP contribution in [0.3, 0.4) is 0 Å². The number of hydrogen-bond donors (Lipinski definition) is 2. The molecule has 2 fully saturated rings. The number of allylic oxidation sites excluding steroid dienone is 2. The minimum atomic E-state index is -0.932. The number of rotatable bonds is 8. The molecule has 5 atom stereocenters. The molecule has 0 radical (unpaired) electrons. The van der Waals surface area contributed by atoms with Crippen molar-refractivity contribution in [2.75, 3.05) is 45.4 Å². The van der Waals surface area contributed by atoms with E-state index in [1.807, 2.05) is 11.9 Å². The van der Waals surface area contributed by atoms with Gasteiger partial charge in [-0.25, -0.2) is 4.79 Å². The van der Waals surface area contributed by atoms with Crippen LogP contribution in [-0.4, -0.2) is 90.6 Å². The first kappa shape index (κ1) is 21.2. The maximum atomic E-state index is 13.6. The summed E-state index contributed by atoms with van der Waals surface area (Å²) in [5.41, 5.74) is 5.77. The third-order valence-electron chi connectivity index (χ3n) is 6.70. The van der Waals surface area contributed by atoms with Crippen LogP contribution in [0.2, 0.25) is 0 Å². The van der Waals surface area contributed by atoms with Crippen molar-refractivity contribution in [2.24, 2.45) is 11.7 Å². The molecule has 1 unspecified atom stereocenters. The molecule has 0 spiro atoms. The van der Waals surface area contributed by atoms with Gasteiger partial charge in [-0.3, -0.25) is 14.5 Å². The average Bonchev–Trinajstić information content (AvgIpc) is 3.10. The first-order valence-electron chi connectivity index (χ1n) is 10.1. The molecule has 0 aromatic heterocycles. The largest absolute Gasteiger partial charge is 0.449 e. The second kappa shape index (κ2) is 7.58. The van der Waals surface area contributed by atoms with Gasteiger partial charge in [0.15, 0.2) is 5.72 Å². The monoisotopic (exact) mass is 436 g/mol. The molecule has 30 heavy (non-hydrogen) atoms. The van der Waals surface area contributed by atoms with Crippen LogP contribution in [0.25, 0.3) is 0 Å². The van der Waals surface area contributed by atoms with Gasteiger partial charge in [0.1, 0.15) is 6.61 Å². The normalized spacial score (nSPS) is 34.2. The van der Waals surface area contributed by atoms with Crippen molar-refractivity contribution in [2.45, 2.75) is 31.7 Å². The molecule has 0 saturated carbocycles. The molecule has 3 heterocycles. The van der Waals surface area contributed by atoms with Crippen LogP contribution in [0, 0.1) is 5.92 Å². The Morgan fingerprint density at radius 1 is 1.37 bits per heavy atom. The molecule has 0 aromatic rings. The zero-order chi connectivity index (χ0) is 21.8. The fourth-order valence-corrected chi connectivity index (χ4v) is 5.85. The van der Waals surface area contributed by atoms with Gasteiger partial charge in [0.25, 0.3) is 0 Å². The molecule has 4 aliphatic rings. The van der Waals surface area contributed by atoms with Crippen LogP contribution in [-0.2, 0) is 19.1 Å². The van der Waals surface area contributed by atoms with Gasteiger partial charge >= 0.3 is 6.09 Å². The summed E-state index contributed by atoms with van der Waals surface area (Å²) < 4.78 is 11.2. The zero-order valence-electron chi connectivity index (χ0n) is 17.7. The first-order chi connectivity index (χ1) is 14.3. The predicted molar refractivity (Wildman–Crippen MR) is 112 cm³/mol. The maximum Gasteiger partial charge on any atom is 0.404 e. The number of nitrogens with zero attached hydrogens (tertiary/aromatic N) is 2. The lowest BCUT2D eigenvalue weighted by Gasteiger charge is -2.40. The second-order valence-electron chi connectivity index (χ2n) is 7.97. The Labute approximate surface area is 180 Å². The zero-order valence-corrected chi connectivity index (χ0v) is 18.5. The van der Waals surface area contributed by atoms with E-state index in [2.05, 4.69) is 17.1 Å². The third kappa shape index (κ3) is 2.80. The topological polar surface area (TPSA) is 114 Å². The number of fused-ring (bicyclic) bond motifs is 4. The molecule has 1 amide bonds. The molecule has 1 aliphatic carbocycles. The van der Waals surface area contributed by atoms with Crippen LogP contribution < -0.4 is 11.1 Å². The summed E-state index contributed by atoms with van der Waals surface area (Å²) in [6.45, 7) is 4.81. The standard InChI is InChI=1S/C20H28N4O5S/c1-5-30-7-6-22-14-10(2)16(25)15-13(17(14)26)11(9-29-19(21)27)20(28-4)18-12(23(18)3)8-24(15)20/h11-12,18,22H,5-9H2,1-4H3,(H2,21,27)/t11-,12+,18+,20-,23?/m0/s1. The Hall–Kier alpha value is -2.04. The van der Waals surface area contributed by atoms with Crippen LogP contribution in [0.15, 0.2) is 22.5 Å². The molecule has 2 saturated heterocycles. The number of Topliss-reactive ketones (excluding diaryl/α,β-unsaturated/α-hetero) is 2. The number of piperazine rings is 1. The predicted octanol–water partition coefficient (Wildman–Crippen LogP) is 0.0750. The van der Waals surface area contributed by atoms with E-state index in [-0.39, 0.29) is 30.3 Å². The molecule has 9 nitrogen and oxygen atoms in total. The van der Waals surface area contributed by atoms with Gasteiger partial charge in [0, 0.05) is 43.1 Å². The number of likely N-dealkylation sites (N-methyl/N-ethyl adjacent to an activating group) is 1. The van der Waals surface area contributed by atoms with Crippen molar-refractivity contribution in [1.29, 1.82) is 0 Å². The van der Waals surface area contributed by atoms with Gasteiger partial charge in [-0.2, -0.15) is 11.8 Å². The van der Waals surface area contributed by atoms with Crippen molar-refractivity contribution < 1.29 is 23.9 Å². The number of amides is 1. The SMILES string of the molecule is CCSCCNC1=C(C)C(=O)C2=C(C1=O)[C@H](COC(N)=O)[C@]1(OC)[C@H]3[C@@H](CN21)N3C. The Bertz CT molecular complexity index is 871. The number of primary amides is 1. The highest BCUT2D eigenvalue weighted by Crippen LogP contribution is 2.59. The molecule has 0 bridgehead atoms. The molecular weight excluding hydrogens is 408 g/mol. The summed E-state index contributed by atoms with van der Waals surface area (Å²) in [7, 11) is 3.57. The third-order valence-corrected chi connectivity index (χ3v) is 7.60. The minimum Gasteiger partial charge on any atom is -0.449 e. The highest BCUT2D eigenvalue weighted by Gasteiger charge is 2.75. The van der Waals surface area contributed by atoms with Crippen molar-refractivity contribution in [3.63, 3.8) is 0 Å². The first-order valence-corrected chi connectivity index (χ1v) is 11.3. The van der Waals surface area contributed by atoms with E-state index in [9.17, 15) is 14.4 Å². The fraction of sp³-hybridized carbons (Fsp3) is 0.650. The molecular formula is C20H28N4O5S. The number of nitrogens with two attached hydrogens (primary N) is 1. The summed E-state index contributed by atoms with van der Waals surface area (Å²) in [6, 6.07) is 0.237. The number of methoxy groups -OCH3 is 1. The van der Waals surface area contributed by atoms with E-state index in [1.54, 1.807) is 25.8 Å². The van der Waals surface area contributed by atoms with Crippen molar-refractivity contribution in [3.05, 3.63) is 22.5 Å². The average molecular weight is 437 g/mol. The summed E-state index contributed by atoms with van der Waals surface area (Å²) >= 11 is 1.76. The maximum absolute atomic E-state index is 13.6. The van der Waals surface area contributed by atoms with E-state index in [0.717, 1.165) is 11.5 Å². The lowest BCUT2D eigenvalue weighted by molar-refractivity contribution is -0.144. The van der Waals surface area contributed by atoms with E-state index in [1.165, 1.54) is 0 Å². The van der Waals surface area contributed by atoms with E-state index < -0.39 is 17.7 Å². The van der Waals surface area contributed by atoms with E-state index >= 15 is 0 Å². The number of carbonyl (C=O) groups is 3. The molecule has 0 aromatic carbocycles. The summed E-state index contributed by atoms with van der Waals surface area (Å²) in [4.78, 5) is 42.4. The summed E-state index contributed by atoms with van der Waals surface area (Å²) in [5, 5.41) is 3.16. The van der Waals surface area contributed by atoms with Crippen LogP contribution in [0.1, 0.15) is 13.8 Å². The summed E-state index contributed by atoms with van der Waals surface area (Å²) in [5.74, 6) is 0.804. The number of hydrogen-bond acceptors (Lipinski definition) is 9. The molecule has 3 N–H and O–H groups in total. The Morgan fingerprint density at radius 2 is 2.10 bits per heavy atom. The van der Waals surface area contributed by atoms with Crippen molar-refractivity contribution in [1.82, 2.24) is 15.1 Å². The molecule has 10 heteroatoms. The van der Waals surface area contributed by atoms with Gasteiger partial charge in [-0.1, -0.05) is 6.92 Å². The van der Waals surface area contributed by atoms with Gasteiger partial charge in [0.05, 0.1) is 23.4 Å². The molecule has 3 aliphatic heterocycles. The number of carbonyl (C=O) groups excluding carboxylic acids is 3. The smallest absolute Gasteiger partial charge is 0.404 e. The van der Waals surface area contributed by atoms with Crippen LogP contribution >= 0.6 is 11.8 Å². The fourth-order valence-electron chi connectivity index (χ4n) is 5.32. The Balaban J connectivity index is 1.71. The number of ketones is 2. The molecule has 164 valence electrons. The van der Waals surface area contributed by atoms with Gasteiger partial charge < -0.3 is 25.4 Å². The number of ether oxygens (including phenoxy) is 2. The quantitative estimate of drug-likeness (QED) is 0.310. The van der Waals surface area contributed by atoms with Crippen molar-refractivity contribution >= 4 is 29.4 Å². The highest BCUT2D eigenvalue weighted by atomic mass is 32.2. The van der Waals surface area contributed by atoms with Gasteiger partial charge in [-0.05, 0) is 19.7 Å². The lowest BCUT2D eigenvalue weighted by Crippen LogP contribution is -2.55. The van der Waals surface area contributed by atoms with Crippen molar-refractivity contribution in [3.8, 4) is 0 Å². The summed E-state index contributed by atoms with van der Waals surface area (Å²) in [6.07, 6.45) is -0.920. The van der Waals surface area contributed by atoms with Gasteiger partial charge in [0.2, 0.25) is 11.6 Å². The minimum absolute atomic E-state index is 0.00726. The van der Waals surface area contributed by atoms with Gasteiger partial charge in [-0.15, -0.1) is 0 Å².